The molecule has 0 radical (unpaired) electrons. The maximum atomic E-state index is 7.28. The van der Waals surface area contributed by atoms with Crippen molar-refractivity contribution in [3.63, 3.8) is 0 Å². The quantitative estimate of drug-likeness (QED) is 0.378. The summed E-state index contributed by atoms with van der Waals surface area (Å²) in [5.41, 5.74) is 5.73. The number of nitrogens with one attached hydrogen (secondary N) is 1. The van der Waals surface area contributed by atoms with Crippen LogP contribution in [0.4, 0.5) is 5.82 Å². The average Bonchev–Trinajstić information content (AvgIpc) is 2.43. The van der Waals surface area contributed by atoms with E-state index in [1.54, 1.807) is 20.4 Å². The van der Waals surface area contributed by atoms with E-state index in [-0.39, 0.29) is 5.84 Å². The van der Waals surface area contributed by atoms with Crippen LogP contribution < -0.4 is 10.6 Å². The van der Waals surface area contributed by atoms with E-state index in [1.165, 1.54) is 6.20 Å². The zero-order chi connectivity index (χ0) is 14.1. The van der Waals surface area contributed by atoms with Crippen LogP contribution in [0.5, 0.6) is 0 Å². The highest BCUT2D eigenvalue weighted by Crippen LogP contribution is 2.09. The second-order valence-electron chi connectivity index (χ2n) is 4.00. The number of nitrogens with zero attached hydrogens (tertiary/aromatic N) is 3. The van der Waals surface area contributed by atoms with Crippen LogP contribution >= 0.6 is 0 Å². The smallest absolute Gasteiger partial charge is 0.147 e. The number of nitrogens with two attached hydrogens (primary N) is 1. The molecule has 0 bridgehead atoms. The van der Waals surface area contributed by atoms with E-state index in [0.717, 1.165) is 25.3 Å². The second kappa shape index (κ2) is 8.39. The van der Waals surface area contributed by atoms with Crippen LogP contribution in [0.3, 0.4) is 0 Å². The van der Waals surface area contributed by atoms with Crippen molar-refractivity contribution in [2.45, 2.75) is 6.42 Å². The molecule has 7 nitrogen and oxygen atoms in total. The molecule has 106 valence electrons. The SMILES string of the molecule is COCCCN(CCOC)c1cnc(C(=N)N)cn1. The molecule has 1 heterocycles. The summed E-state index contributed by atoms with van der Waals surface area (Å²) in [5, 5.41) is 7.28. The summed E-state index contributed by atoms with van der Waals surface area (Å²) in [6.45, 7) is 2.85. The molecule has 0 saturated heterocycles. The maximum Gasteiger partial charge on any atom is 0.147 e. The van der Waals surface area contributed by atoms with Crippen LogP contribution in [0.2, 0.25) is 0 Å². The molecule has 1 rings (SSSR count). The number of rotatable bonds is 9. The summed E-state index contributed by atoms with van der Waals surface area (Å²) < 4.78 is 10.1. The van der Waals surface area contributed by atoms with Crippen molar-refractivity contribution in [2.24, 2.45) is 5.73 Å². The third-order valence-corrected chi connectivity index (χ3v) is 2.58. The van der Waals surface area contributed by atoms with Gasteiger partial charge in [-0.15, -0.1) is 0 Å². The normalized spacial score (nSPS) is 10.4. The van der Waals surface area contributed by atoms with Gasteiger partial charge in [-0.05, 0) is 6.42 Å². The maximum absolute atomic E-state index is 7.28. The first-order valence-corrected chi connectivity index (χ1v) is 6.08. The molecule has 1 aromatic heterocycles. The first kappa shape index (κ1) is 15.3. The van der Waals surface area contributed by atoms with Gasteiger partial charge in [-0.25, -0.2) is 9.97 Å². The molecule has 0 aliphatic rings. The lowest BCUT2D eigenvalue weighted by Gasteiger charge is -2.23. The molecule has 0 aliphatic carbocycles. The molecule has 0 unspecified atom stereocenters. The molecular formula is C12H21N5O2. The lowest BCUT2D eigenvalue weighted by molar-refractivity contribution is 0.191. The number of nitrogen functional groups attached to an aromatic ring is 1. The fourth-order valence-electron chi connectivity index (χ4n) is 1.57. The lowest BCUT2D eigenvalue weighted by atomic mass is 10.3. The monoisotopic (exact) mass is 267 g/mol. The van der Waals surface area contributed by atoms with Crippen molar-refractivity contribution in [2.75, 3.05) is 45.4 Å². The zero-order valence-corrected chi connectivity index (χ0v) is 11.4. The van der Waals surface area contributed by atoms with Gasteiger partial charge in [0.25, 0.3) is 0 Å². The number of hydrogen-bond donors (Lipinski definition) is 2. The summed E-state index contributed by atoms with van der Waals surface area (Å²) in [6.07, 6.45) is 4.03. The Hall–Kier alpha value is -1.73. The van der Waals surface area contributed by atoms with E-state index >= 15 is 0 Å². The minimum absolute atomic E-state index is 0.0816. The number of methoxy groups -OCH3 is 2. The van der Waals surface area contributed by atoms with Crippen molar-refractivity contribution >= 4 is 11.7 Å². The van der Waals surface area contributed by atoms with Crippen LogP contribution in [0.15, 0.2) is 12.4 Å². The first-order valence-electron chi connectivity index (χ1n) is 6.08. The Labute approximate surface area is 113 Å². The first-order chi connectivity index (χ1) is 9.19. The van der Waals surface area contributed by atoms with Gasteiger partial charge < -0.3 is 20.1 Å². The zero-order valence-electron chi connectivity index (χ0n) is 11.4. The number of hydrogen-bond acceptors (Lipinski definition) is 6. The Balaban J connectivity index is 2.68. The van der Waals surface area contributed by atoms with E-state index in [4.69, 9.17) is 20.6 Å². The van der Waals surface area contributed by atoms with Gasteiger partial charge in [-0.2, -0.15) is 0 Å². The molecule has 3 N–H and O–H groups in total. The van der Waals surface area contributed by atoms with Gasteiger partial charge in [-0.1, -0.05) is 0 Å². The fourth-order valence-corrected chi connectivity index (χ4v) is 1.57. The average molecular weight is 267 g/mol. The topological polar surface area (TPSA) is 97.4 Å². The predicted octanol–water partition coefficient (Wildman–Crippen LogP) is 0.250. The molecule has 0 aromatic carbocycles. The number of amidine groups is 1. The van der Waals surface area contributed by atoms with Gasteiger partial charge in [0, 0.05) is 33.9 Å². The Morgan fingerprint density at radius 3 is 2.47 bits per heavy atom. The summed E-state index contributed by atoms with van der Waals surface area (Å²) in [6, 6.07) is 0. The highest BCUT2D eigenvalue weighted by molar-refractivity contribution is 5.92. The molecule has 1 aromatic rings. The standard InChI is InChI=1S/C12H21N5O2/c1-18-6-3-4-17(5-7-19-2)11-9-15-10(8-16-11)12(13)14/h8-9H,3-7H2,1-2H3,(H3,13,14). The van der Waals surface area contributed by atoms with Crippen LogP contribution in [-0.4, -0.2) is 56.3 Å². The van der Waals surface area contributed by atoms with Crippen molar-refractivity contribution in [1.82, 2.24) is 9.97 Å². The van der Waals surface area contributed by atoms with E-state index in [0.29, 0.717) is 18.9 Å². The molecule has 0 aliphatic heterocycles. The molecule has 0 spiro atoms. The molecule has 0 amide bonds. The Morgan fingerprint density at radius 1 is 1.21 bits per heavy atom. The van der Waals surface area contributed by atoms with Crippen LogP contribution in [-0.2, 0) is 9.47 Å². The largest absolute Gasteiger partial charge is 0.385 e. The number of anilines is 1. The number of ether oxygens (including phenoxy) is 2. The van der Waals surface area contributed by atoms with Crippen LogP contribution in [0.25, 0.3) is 0 Å². The van der Waals surface area contributed by atoms with E-state index in [9.17, 15) is 0 Å². The minimum Gasteiger partial charge on any atom is -0.385 e. The third-order valence-electron chi connectivity index (χ3n) is 2.58. The molecule has 0 saturated carbocycles. The van der Waals surface area contributed by atoms with E-state index < -0.39 is 0 Å². The van der Waals surface area contributed by atoms with Gasteiger partial charge in [0.1, 0.15) is 17.3 Å². The Morgan fingerprint density at radius 2 is 1.95 bits per heavy atom. The van der Waals surface area contributed by atoms with Crippen LogP contribution in [0.1, 0.15) is 12.1 Å². The summed E-state index contributed by atoms with van der Waals surface area (Å²) in [7, 11) is 3.35. The summed E-state index contributed by atoms with van der Waals surface area (Å²) >= 11 is 0. The van der Waals surface area contributed by atoms with Gasteiger partial charge in [0.05, 0.1) is 19.0 Å². The highest BCUT2D eigenvalue weighted by atomic mass is 16.5. The van der Waals surface area contributed by atoms with Gasteiger partial charge in [-0.3, -0.25) is 5.41 Å². The minimum atomic E-state index is -0.0816. The van der Waals surface area contributed by atoms with Crippen molar-refractivity contribution in [3.05, 3.63) is 18.1 Å². The molecule has 7 heteroatoms. The van der Waals surface area contributed by atoms with Gasteiger partial charge in [0.15, 0.2) is 0 Å². The highest BCUT2D eigenvalue weighted by Gasteiger charge is 2.09. The third kappa shape index (κ3) is 5.19. The molecular weight excluding hydrogens is 246 g/mol. The molecule has 0 atom stereocenters. The van der Waals surface area contributed by atoms with Crippen molar-refractivity contribution in [3.8, 4) is 0 Å². The number of aromatic nitrogens is 2. The summed E-state index contributed by atoms with van der Waals surface area (Å²) in [4.78, 5) is 10.5. The van der Waals surface area contributed by atoms with Gasteiger partial charge in [0.2, 0.25) is 0 Å². The van der Waals surface area contributed by atoms with E-state index in [2.05, 4.69) is 14.9 Å². The molecule has 19 heavy (non-hydrogen) atoms. The Kier molecular flexibility index (Phi) is 6.76. The summed E-state index contributed by atoms with van der Waals surface area (Å²) in [5.74, 6) is 0.667. The fraction of sp³-hybridized carbons (Fsp3) is 0.583. The van der Waals surface area contributed by atoms with Crippen molar-refractivity contribution < 1.29 is 9.47 Å². The molecule has 0 fully saturated rings. The van der Waals surface area contributed by atoms with Crippen molar-refractivity contribution in [1.29, 1.82) is 5.41 Å². The second-order valence-corrected chi connectivity index (χ2v) is 4.00. The van der Waals surface area contributed by atoms with Crippen LogP contribution in [0, 0.1) is 5.41 Å². The Bertz CT molecular complexity index is 382. The van der Waals surface area contributed by atoms with Gasteiger partial charge >= 0.3 is 0 Å². The lowest BCUT2D eigenvalue weighted by Crippen LogP contribution is -2.30. The predicted molar refractivity (Wildman–Crippen MR) is 73.6 cm³/mol. The van der Waals surface area contributed by atoms with E-state index in [1.807, 2.05) is 0 Å².